The highest BCUT2D eigenvalue weighted by atomic mass is 35.5. The second kappa shape index (κ2) is 4.53. The lowest BCUT2D eigenvalue weighted by Gasteiger charge is -2.05. The van der Waals surface area contributed by atoms with Gasteiger partial charge in [0.05, 0.1) is 9.95 Å². The van der Waals surface area contributed by atoms with Crippen molar-refractivity contribution in [1.82, 2.24) is 9.97 Å². The van der Waals surface area contributed by atoms with E-state index in [0.29, 0.717) is 0 Å². The molecule has 0 aliphatic carbocycles. The lowest BCUT2D eigenvalue weighted by atomic mass is 10.1. The fraction of sp³-hybridized carbons (Fsp3) is 0. The molecule has 0 fully saturated rings. The smallest absolute Gasteiger partial charge is 0.337 e. The third kappa shape index (κ3) is 2.07. The van der Waals surface area contributed by atoms with E-state index < -0.39 is 16.4 Å². The molecule has 6 nitrogen and oxygen atoms in total. The van der Waals surface area contributed by atoms with Gasteiger partial charge < -0.3 is 5.73 Å². The maximum Gasteiger partial charge on any atom is 0.337 e. The van der Waals surface area contributed by atoms with Gasteiger partial charge in [0.1, 0.15) is 12.1 Å². The van der Waals surface area contributed by atoms with Gasteiger partial charge in [-0.2, -0.15) is 0 Å². The highest BCUT2D eigenvalue weighted by Crippen LogP contribution is 2.35. The van der Waals surface area contributed by atoms with Crippen molar-refractivity contribution in [3.63, 3.8) is 0 Å². The van der Waals surface area contributed by atoms with Gasteiger partial charge in [-0.1, -0.05) is 11.6 Å². The molecule has 18 heavy (non-hydrogen) atoms. The first kappa shape index (κ1) is 12.2. The number of anilines is 1. The fourth-order valence-corrected chi connectivity index (χ4v) is 1.66. The van der Waals surface area contributed by atoms with Crippen LogP contribution in [-0.2, 0) is 0 Å². The number of hydrogen-bond acceptors (Lipinski definition) is 5. The zero-order valence-corrected chi connectivity index (χ0v) is 9.56. The van der Waals surface area contributed by atoms with E-state index in [0.717, 1.165) is 18.5 Å². The van der Waals surface area contributed by atoms with Crippen LogP contribution in [0.5, 0.6) is 0 Å². The van der Waals surface area contributed by atoms with Crippen LogP contribution in [0.1, 0.15) is 0 Å². The Morgan fingerprint density at radius 1 is 1.39 bits per heavy atom. The van der Waals surface area contributed by atoms with E-state index in [9.17, 15) is 14.5 Å². The average molecular weight is 269 g/mol. The van der Waals surface area contributed by atoms with Gasteiger partial charge in [0.15, 0.2) is 5.69 Å². The Hall–Kier alpha value is -2.28. The number of halogens is 2. The zero-order valence-electron chi connectivity index (χ0n) is 8.80. The first-order valence-electron chi connectivity index (χ1n) is 4.71. The molecule has 0 spiro atoms. The molecule has 0 saturated carbocycles. The van der Waals surface area contributed by atoms with Crippen LogP contribution in [0.2, 0.25) is 5.02 Å². The quantitative estimate of drug-likeness (QED) is 0.666. The maximum absolute atomic E-state index is 13.2. The predicted molar refractivity (Wildman–Crippen MR) is 63.5 cm³/mol. The van der Waals surface area contributed by atoms with Crippen molar-refractivity contribution in [3.05, 3.63) is 45.5 Å². The molecule has 0 bridgehead atoms. The van der Waals surface area contributed by atoms with Crippen molar-refractivity contribution >= 4 is 23.1 Å². The highest BCUT2D eigenvalue weighted by Gasteiger charge is 2.23. The maximum atomic E-state index is 13.2. The molecule has 1 aromatic heterocycles. The SMILES string of the molecule is Nc1ncnc(-c2cc(F)ccc2Cl)c1[N+](=O)[O-]. The standard InChI is InChI=1S/C10H6ClFN4O2/c11-7-2-1-5(12)3-6(7)8-9(16(17)18)10(13)15-4-14-8/h1-4H,(H2,13,14,15). The molecule has 0 atom stereocenters. The largest absolute Gasteiger partial charge is 0.378 e. The van der Waals surface area contributed by atoms with Crippen molar-refractivity contribution in [2.45, 2.75) is 0 Å². The first-order valence-corrected chi connectivity index (χ1v) is 5.09. The summed E-state index contributed by atoms with van der Waals surface area (Å²) in [6.45, 7) is 0. The van der Waals surface area contributed by atoms with Crippen LogP contribution in [0.25, 0.3) is 11.3 Å². The lowest BCUT2D eigenvalue weighted by Crippen LogP contribution is -2.02. The van der Waals surface area contributed by atoms with Crippen LogP contribution >= 0.6 is 11.6 Å². The number of nitrogens with two attached hydrogens (primary N) is 1. The molecule has 92 valence electrons. The molecule has 0 amide bonds. The number of nitro groups is 1. The van der Waals surface area contributed by atoms with E-state index in [-0.39, 0.29) is 22.1 Å². The Labute approximate surface area is 105 Å². The molecule has 1 heterocycles. The normalized spacial score (nSPS) is 10.3. The third-order valence-electron chi connectivity index (χ3n) is 2.22. The van der Waals surface area contributed by atoms with E-state index in [2.05, 4.69) is 9.97 Å². The average Bonchev–Trinajstić information content (AvgIpc) is 2.31. The summed E-state index contributed by atoms with van der Waals surface area (Å²) in [4.78, 5) is 17.5. The molecule has 2 rings (SSSR count). The monoisotopic (exact) mass is 268 g/mol. The van der Waals surface area contributed by atoms with Gasteiger partial charge in [-0.05, 0) is 18.2 Å². The molecular weight excluding hydrogens is 263 g/mol. The van der Waals surface area contributed by atoms with Crippen LogP contribution in [0, 0.1) is 15.9 Å². The molecular formula is C10H6ClFN4O2. The van der Waals surface area contributed by atoms with Gasteiger partial charge in [-0.15, -0.1) is 0 Å². The van der Waals surface area contributed by atoms with Gasteiger partial charge in [-0.25, -0.2) is 14.4 Å². The molecule has 2 N–H and O–H groups in total. The van der Waals surface area contributed by atoms with Gasteiger partial charge >= 0.3 is 5.69 Å². The van der Waals surface area contributed by atoms with Crippen molar-refractivity contribution in [2.24, 2.45) is 0 Å². The fourth-order valence-electron chi connectivity index (χ4n) is 1.45. The molecule has 0 saturated heterocycles. The van der Waals surface area contributed by atoms with Crippen molar-refractivity contribution in [3.8, 4) is 11.3 Å². The summed E-state index contributed by atoms with van der Waals surface area (Å²) in [6.07, 6.45) is 1.05. The zero-order chi connectivity index (χ0) is 13.3. The Balaban J connectivity index is 2.75. The topological polar surface area (TPSA) is 94.9 Å². The summed E-state index contributed by atoms with van der Waals surface area (Å²) in [6, 6.07) is 3.48. The predicted octanol–water partition coefficient (Wildman–Crippen LogP) is 2.43. The molecule has 8 heteroatoms. The van der Waals surface area contributed by atoms with Crippen molar-refractivity contribution in [2.75, 3.05) is 5.73 Å². The highest BCUT2D eigenvalue weighted by molar-refractivity contribution is 6.33. The van der Waals surface area contributed by atoms with E-state index in [1.165, 1.54) is 6.07 Å². The van der Waals surface area contributed by atoms with Crippen LogP contribution in [-0.4, -0.2) is 14.9 Å². The number of benzene rings is 1. The third-order valence-corrected chi connectivity index (χ3v) is 2.55. The molecule has 0 unspecified atom stereocenters. The van der Waals surface area contributed by atoms with E-state index >= 15 is 0 Å². The number of nitrogen functional groups attached to an aromatic ring is 1. The van der Waals surface area contributed by atoms with E-state index in [1.807, 2.05) is 0 Å². The van der Waals surface area contributed by atoms with Crippen molar-refractivity contribution in [1.29, 1.82) is 0 Å². The molecule has 0 aliphatic rings. The summed E-state index contributed by atoms with van der Waals surface area (Å²) < 4.78 is 13.2. The summed E-state index contributed by atoms with van der Waals surface area (Å²) in [7, 11) is 0. The van der Waals surface area contributed by atoms with Crippen LogP contribution in [0.4, 0.5) is 15.9 Å². The Morgan fingerprint density at radius 3 is 2.78 bits per heavy atom. The molecule has 0 aliphatic heterocycles. The van der Waals surface area contributed by atoms with E-state index in [1.54, 1.807) is 0 Å². The van der Waals surface area contributed by atoms with Crippen LogP contribution < -0.4 is 5.73 Å². The lowest BCUT2D eigenvalue weighted by molar-refractivity contribution is -0.383. The summed E-state index contributed by atoms with van der Waals surface area (Å²) in [5.74, 6) is -0.883. The summed E-state index contributed by atoms with van der Waals surface area (Å²) in [5.41, 5.74) is 4.90. The number of rotatable bonds is 2. The number of hydrogen-bond donors (Lipinski definition) is 1. The molecule has 1 aromatic carbocycles. The second-order valence-corrected chi connectivity index (χ2v) is 3.74. The van der Waals surface area contributed by atoms with Crippen LogP contribution in [0.3, 0.4) is 0 Å². The Bertz CT molecular complexity index is 635. The second-order valence-electron chi connectivity index (χ2n) is 3.34. The van der Waals surface area contributed by atoms with Gasteiger partial charge in [-0.3, -0.25) is 10.1 Å². The van der Waals surface area contributed by atoms with Crippen molar-refractivity contribution < 1.29 is 9.31 Å². The number of nitrogens with zero attached hydrogens (tertiary/aromatic N) is 3. The van der Waals surface area contributed by atoms with Gasteiger partial charge in [0.2, 0.25) is 5.82 Å². The number of aromatic nitrogens is 2. The molecule has 0 radical (unpaired) electrons. The van der Waals surface area contributed by atoms with E-state index in [4.69, 9.17) is 17.3 Å². The Morgan fingerprint density at radius 2 is 2.11 bits per heavy atom. The van der Waals surface area contributed by atoms with Gasteiger partial charge in [0.25, 0.3) is 0 Å². The molecule has 2 aromatic rings. The minimum atomic E-state index is -0.730. The summed E-state index contributed by atoms with van der Waals surface area (Å²) in [5, 5.41) is 11.1. The summed E-state index contributed by atoms with van der Waals surface area (Å²) >= 11 is 5.87. The van der Waals surface area contributed by atoms with Gasteiger partial charge in [0, 0.05) is 5.56 Å². The first-order chi connectivity index (χ1) is 8.50. The Kier molecular flexibility index (Phi) is 3.07. The van der Waals surface area contributed by atoms with Crippen LogP contribution in [0.15, 0.2) is 24.5 Å². The minimum Gasteiger partial charge on any atom is -0.378 e. The minimum absolute atomic E-state index is 0.0949.